The highest BCUT2D eigenvalue weighted by atomic mass is 16.5. The average molecular weight is 275 g/mol. The first-order valence-electron chi connectivity index (χ1n) is 6.21. The number of rotatable bonds is 4. The van der Waals surface area contributed by atoms with Crippen LogP contribution in [0.4, 0.5) is 5.69 Å². The summed E-state index contributed by atoms with van der Waals surface area (Å²) in [6.45, 7) is 3.83. The molecule has 1 aromatic carbocycles. The number of benzene rings is 1. The van der Waals surface area contributed by atoms with Crippen LogP contribution in [0, 0.1) is 0 Å². The van der Waals surface area contributed by atoms with Gasteiger partial charge in [0.05, 0.1) is 12.8 Å². The highest BCUT2D eigenvalue weighted by Crippen LogP contribution is 2.27. The van der Waals surface area contributed by atoms with Crippen molar-refractivity contribution in [2.24, 2.45) is 0 Å². The minimum absolute atomic E-state index is 0.0192. The van der Waals surface area contributed by atoms with Crippen molar-refractivity contribution in [3.05, 3.63) is 40.9 Å². The van der Waals surface area contributed by atoms with E-state index in [1.807, 2.05) is 13.8 Å². The molecular formula is C14H17N3O3. The van der Waals surface area contributed by atoms with Crippen LogP contribution in [0.1, 0.15) is 19.9 Å². The minimum atomic E-state index is -0.281. The zero-order chi connectivity index (χ0) is 14.7. The lowest BCUT2D eigenvalue weighted by molar-refractivity contribution is 0.412. The van der Waals surface area contributed by atoms with E-state index in [9.17, 15) is 4.79 Å². The predicted molar refractivity (Wildman–Crippen MR) is 76.4 cm³/mol. The van der Waals surface area contributed by atoms with Gasteiger partial charge in [-0.1, -0.05) is 0 Å². The van der Waals surface area contributed by atoms with E-state index in [1.165, 1.54) is 13.3 Å². The van der Waals surface area contributed by atoms with Gasteiger partial charge in [0.1, 0.15) is 11.5 Å². The Labute approximate surface area is 116 Å². The van der Waals surface area contributed by atoms with Crippen LogP contribution in [0.25, 0.3) is 0 Å². The number of nitrogens with zero attached hydrogens (tertiary/aromatic N) is 2. The summed E-state index contributed by atoms with van der Waals surface area (Å²) in [4.78, 5) is 16.1. The summed E-state index contributed by atoms with van der Waals surface area (Å²) in [6.07, 6.45) is 3.16. The number of hydrogen-bond donors (Lipinski definition) is 1. The molecule has 0 saturated carbocycles. The Kier molecular flexibility index (Phi) is 3.93. The minimum Gasteiger partial charge on any atom is -0.495 e. The van der Waals surface area contributed by atoms with Crippen LogP contribution in [-0.2, 0) is 0 Å². The van der Waals surface area contributed by atoms with E-state index in [0.29, 0.717) is 17.2 Å². The molecule has 106 valence electrons. The maximum atomic E-state index is 12.1. The monoisotopic (exact) mass is 275 g/mol. The smallest absolute Gasteiger partial charge is 0.313 e. The largest absolute Gasteiger partial charge is 0.495 e. The molecule has 6 heteroatoms. The number of nitrogen functional groups attached to an aromatic ring is 1. The van der Waals surface area contributed by atoms with Gasteiger partial charge < -0.3 is 19.8 Å². The van der Waals surface area contributed by atoms with Crippen molar-refractivity contribution in [1.82, 2.24) is 9.55 Å². The highest BCUT2D eigenvalue weighted by molar-refractivity contribution is 5.56. The second-order valence-electron chi connectivity index (χ2n) is 4.54. The molecule has 20 heavy (non-hydrogen) atoms. The number of methoxy groups -OCH3 is 1. The van der Waals surface area contributed by atoms with E-state index < -0.39 is 0 Å². The molecule has 0 aliphatic heterocycles. The van der Waals surface area contributed by atoms with E-state index in [-0.39, 0.29) is 17.5 Å². The Morgan fingerprint density at radius 3 is 2.70 bits per heavy atom. The molecule has 2 N–H and O–H groups in total. The fraction of sp³-hybridized carbons (Fsp3) is 0.286. The molecule has 0 atom stereocenters. The standard InChI is InChI=1S/C14H17N3O3/c1-9(2)17-7-6-16-13(14(17)18)20-10-4-5-12(19-3)11(15)8-10/h4-9H,15H2,1-3H3. The topological polar surface area (TPSA) is 79.4 Å². The van der Waals surface area contributed by atoms with Gasteiger partial charge in [0.15, 0.2) is 0 Å². The van der Waals surface area contributed by atoms with Crippen LogP contribution in [0.2, 0.25) is 0 Å². The van der Waals surface area contributed by atoms with Crippen molar-refractivity contribution in [2.45, 2.75) is 19.9 Å². The number of ether oxygens (including phenoxy) is 2. The first-order valence-corrected chi connectivity index (χ1v) is 6.21. The maximum Gasteiger partial charge on any atom is 0.313 e. The molecular weight excluding hydrogens is 258 g/mol. The van der Waals surface area contributed by atoms with Crippen LogP contribution in [0.5, 0.6) is 17.4 Å². The molecule has 0 unspecified atom stereocenters. The van der Waals surface area contributed by atoms with Gasteiger partial charge in [-0.3, -0.25) is 4.79 Å². The lowest BCUT2D eigenvalue weighted by Gasteiger charge is -2.11. The first kappa shape index (κ1) is 13.9. The molecule has 2 rings (SSSR count). The van der Waals surface area contributed by atoms with Crippen molar-refractivity contribution in [3.63, 3.8) is 0 Å². The molecule has 0 spiro atoms. The van der Waals surface area contributed by atoms with Gasteiger partial charge in [0.25, 0.3) is 5.88 Å². The van der Waals surface area contributed by atoms with Crippen LogP contribution < -0.4 is 20.8 Å². The van der Waals surface area contributed by atoms with Gasteiger partial charge in [-0.25, -0.2) is 4.98 Å². The van der Waals surface area contributed by atoms with E-state index in [2.05, 4.69) is 4.98 Å². The van der Waals surface area contributed by atoms with Gasteiger partial charge >= 0.3 is 5.56 Å². The Balaban J connectivity index is 2.33. The second-order valence-corrected chi connectivity index (χ2v) is 4.54. The fourth-order valence-electron chi connectivity index (χ4n) is 1.77. The molecule has 1 aromatic heterocycles. The molecule has 1 heterocycles. The van der Waals surface area contributed by atoms with Crippen molar-refractivity contribution in [2.75, 3.05) is 12.8 Å². The lowest BCUT2D eigenvalue weighted by Crippen LogP contribution is -2.23. The summed E-state index contributed by atoms with van der Waals surface area (Å²) in [5.74, 6) is 1.01. The molecule has 6 nitrogen and oxygen atoms in total. The van der Waals surface area contributed by atoms with Gasteiger partial charge in [-0.2, -0.15) is 0 Å². The quantitative estimate of drug-likeness (QED) is 0.865. The van der Waals surface area contributed by atoms with E-state index in [1.54, 1.807) is 29.0 Å². The Morgan fingerprint density at radius 2 is 2.10 bits per heavy atom. The number of anilines is 1. The van der Waals surface area contributed by atoms with Crippen molar-refractivity contribution < 1.29 is 9.47 Å². The van der Waals surface area contributed by atoms with E-state index in [0.717, 1.165) is 0 Å². The number of hydrogen-bond acceptors (Lipinski definition) is 5. The number of nitrogens with two attached hydrogens (primary N) is 1. The third-order valence-electron chi connectivity index (χ3n) is 2.81. The van der Waals surface area contributed by atoms with Crippen molar-refractivity contribution >= 4 is 5.69 Å². The molecule has 0 bridgehead atoms. The number of aromatic nitrogens is 2. The van der Waals surface area contributed by atoms with E-state index >= 15 is 0 Å². The highest BCUT2D eigenvalue weighted by Gasteiger charge is 2.10. The zero-order valence-electron chi connectivity index (χ0n) is 11.7. The summed E-state index contributed by atoms with van der Waals surface area (Å²) < 4.78 is 12.1. The molecule has 0 fully saturated rings. The Hall–Kier alpha value is -2.50. The van der Waals surface area contributed by atoms with Crippen LogP contribution >= 0.6 is 0 Å². The van der Waals surface area contributed by atoms with Crippen molar-refractivity contribution in [3.8, 4) is 17.4 Å². The molecule has 0 radical (unpaired) electrons. The molecule has 0 aliphatic carbocycles. The zero-order valence-corrected chi connectivity index (χ0v) is 11.7. The fourth-order valence-corrected chi connectivity index (χ4v) is 1.77. The third-order valence-corrected chi connectivity index (χ3v) is 2.81. The Bertz CT molecular complexity index is 665. The second kappa shape index (κ2) is 5.64. The van der Waals surface area contributed by atoms with Crippen molar-refractivity contribution in [1.29, 1.82) is 0 Å². The summed E-state index contributed by atoms with van der Waals surface area (Å²) >= 11 is 0. The maximum absolute atomic E-state index is 12.1. The molecule has 2 aromatic rings. The lowest BCUT2D eigenvalue weighted by atomic mass is 10.3. The van der Waals surface area contributed by atoms with E-state index in [4.69, 9.17) is 15.2 Å². The van der Waals surface area contributed by atoms with Crippen LogP contribution in [-0.4, -0.2) is 16.7 Å². The SMILES string of the molecule is COc1ccc(Oc2nccn(C(C)C)c2=O)cc1N. The molecule has 0 amide bonds. The van der Waals surface area contributed by atoms with Gasteiger partial charge in [-0.15, -0.1) is 0 Å². The third kappa shape index (κ3) is 2.74. The summed E-state index contributed by atoms with van der Waals surface area (Å²) in [5.41, 5.74) is 5.95. The van der Waals surface area contributed by atoms with Crippen LogP contribution in [0.15, 0.2) is 35.4 Å². The molecule has 0 saturated heterocycles. The average Bonchev–Trinajstić information content (AvgIpc) is 2.41. The van der Waals surface area contributed by atoms with Gasteiger partial charge in [0.2, 0.25) is 0 Å². The Morgan fingerprint density at radius 1 is 1.35 bits per heavy atom. The summed E-state index contributed by atoms with van der Waals surface area (Å²) in [5, 5.41) is 0. The normalized spacial score (nSPS) is 10.6. The molecule has 0 aliphatic rings. The van der Waals surface area contributed by atoms with Gasteiger partial charge in [-0.05, 0) is 26.0 Å². The summed E-state index contributed by atoms with van der Waals surface area (Å²) in [6, 6.07) is 4.97. The first-order chi connectivity index (χ1) is 9.52. The summed E-state index contributed by atoms with van der Waals surface area (Å²) in [7, 11) is 1.53. The van der Waals surface area contributed by atoms with Crippen LogP contribution in [0.3, 0.4) is 0 Å². The van der Waals surface area contributed by atoms with Gasteiger partial charge in [0, 0.05) is 24.5 Å². The predicted octanol–water partition coefficient (Wildman–Crippen LogP) is 2.21.